The predicted octanol–water partition coefficient (Wildman–Crippen LogP) is 4.82. The molecule has 0 fully saturated rings. The van der Waals surface area contributed by atoms with Gasteiger partial charge in [-0.25, -0.2) is 10.2 Å². The molecule has 2 amide bonds. The Labute approximate surface area is 230 Å². The fraction of sp³-hybridized carbons (Fsp3) is 0.286. The van der Waals surface area contributed by atoms with Crippen molar-refractivity contribution in [1.82, 2.24) is 5.43 Å². The number of nitrogens with one attached hydrogen (secondary N) is 2. The molecule has 0 aliphatic heterocycles. The molecule has 0 saturated carbocycles. The minimum absolute atomic E-state index is 0.0155. The highest BCUT2D eigenvalue weighted by Crippen LogP contribution is 2.33. The molecule has 3 aromatic rings. The zero-order valence-electron chi connectivity index (χ0n) is 22.4. The molecule has 1 aromatic heterocycles. The van der Waals surface area contributed by atoms with E-state index in [9.17, 15) is 19.5 Å². The summed E-state index contributed by atoms with van der Waals surface area (Å²) in [7, 11) is 0. The van der Waals surface area contributed by atoms with Crippen molar-refractivity contribution in [2.75, 3.05) is 18.5 Å². The van der Waals surface area contributed by atoms with Crippen molar-refractivity contribution in [1.29, 1.82) is 0 Å². The van der Waals surface area contributed by atoms with E-state index in [2.05, 4.69) is 15.8 Å². The molecule has 3 N–H and O–H groups in total. The maximum atomic E-state index is 12.8. The van der Waals surface area contributed by atoms with Gasteiger partial charge in [-0.1, -0.05) is 0 Å². The van der Waals surface area contributed by atoms with Gasteiger partial charge in [-0.15, -0.1) is 11.3 Å². The van der Waals surface area contributed by atoms with Crippen LogP contribution in [0, 0.1) is 13.8 Å². The number of aryl methyl sites for hydroxylation is 1. The highest BCUT2D eigenvalue weighted by atomic mass is 32.1. The van der Waals surface area contributed by atoms with Crippen LogP contribution in [-0.4, -0.2) is 48.4 Å². The smallest absolute Gasteiger partial charge is 0.341 e. The van der Waals surface area contributed by atoms with Gasteiger partial charge in [0.2, 0.25) is 0 Å². The van der Waals surface area contributed by atoms with Gasteiger partial charge < -0.3 is 24.6 Å². The standard InChI is InChI=1S/C28H31N3O7S/c1-6-36-23-14-19(8-13-22(23)32)15-29-31-25(33)17(4)38-21-11-9-20(10-12-21)26(34)30-27-24(28(35)37-7-2)16(3)18(5)39-27/h8-15,17,32H,6-7H2,1-5H3,(H,30,34)(H,31,33)/b29-15+. The number of thiophene rings is 1. The number of carbonyl (C=O) groups excluding carboxylic acids is 3. The van der Waals surface area contributed by atoms with Gasteiger partial charge in [-0.05, 0) is 88.2 Å². The largest absolute Gasteiger partial charge is 0.504 e. The first kappa shape index (κ1) is 29.2. The minimum atomic E-state index is -0.871. The molecule has 0 radical (unpaired) electrons. The highest BCUT2D eigenvalue weighted by Gasteiger charge is 2.22. The Morgan fingerprint density at radius 3 is 2.46 bits per heavy atom. The molecule has 1 atom stereocenters. The number of carbonyl (C=O) groups is 3. The number of hydrogen-bond acceptors (Lipinski definition) is 9. The van der Waals surface area contributed by atoms with Crippen molar-refractivity contribution >= 4 is 40.3 Å². The first-order valence-corrected chi connectivity index (χ1v) is 13.1. The maximum absolute atomic E-state index is 12.8. The van der Waals surface area contributed by atoms with Crippen LogP contribution in [0.4, 0.5) is 5.00 Å². The van der Waals surface area contributed by atoms with Crippen LogP contribution in [0.3, 0.4) is 0 Å². The number of nitrogens with zero attached hydrogens (tertiary/aromatic N) is 1. The molecule has 0 aliphatic rings. The normalized spacial score (nSPS) is 11.6. The average Bonchev–Trinajstić information content (AvgIpc) is 3.18. The summed E-state index contributed by atoms with van der Waals surface area (Å²) in [5.74, 6) is -0.633. The van der Waals surface area contributed by atoms with Crippen LogP contribution in [0.5, 0.6) is 17.2 Å². The van der Waals surface area contributed by atoms with Gasteiger partial charge in [0.25, 0.3) is 11.8 Å². The second-order valence-electron chi connectivity index (χ2n) is 8.34. The first-order valence-electron chi connectivity index (χ1n) is 12.3. The lowest BCUT2D eigenvalue weighted by molar-refractivity contribution is -0.127. The number of ether oxygens (including phenoxy) is 3. The molecule has 0 spiro atoms. The fourth-order valence-electron chi connectivity index (χ4n) is 3.43. The highest BCUT2D eigenvalue weighted by molar-refractivity contribution is 7.16. The van der Waals surface area contributed by atoms with E-state index < -0.39 is 23.9 Å². The molecular weight excluding hydrogens is 522 g/mol. The third kappa shape index (κ3) is 7.57. The summed E-state index contributed by atoms with van der Waals surface area (Å²) in [5.41, 5.74) is 4.51. The topological polar surface area (TPSA) is 136 Å². The SMILES string of the molecule is CCOC(=O)c1c(NC(=O)c2ccc(OC(C)C(=O)N/N=C/c3ccc(O)c(OCC)c3)cc2)sc(C)c1C. The third-order valence-electron chi connectivity index (χ3n) is 5.56. The van der Waals surface area contributed by atoms with E-state index in [0.717, 1.165) is 10.4 Å². The molecule has 2 aromatic carbocycles. The van der Waals surface area contributed by atoms with Crippen molar-refractivity contribution in [2.45, 2.75) is 40.7 Å². The van der Waals surface area contributed by atoms with Gasteiger partial charge in [0.1, 0.15) is 10.8 Å². The van der Waals surface area contributed by atoms with Gasteiger partial charge in [-0.2, -0.15) is 5.10 Å². The van der Waals surface area contributed by atoms with E-state index >= 15 is 0 Å². The van der Waals surface area contributed by atoms with Crippen molar-refractivity contribution in [2.24, 2.45) is 5.10 Å². The van der Waals surface area contributed by atoms with Crippen molar-refractivity contribution in [3.63, 3.8) is 0 Å². The molecule has 206 valence electrons. The average molecular weight is 554 g/mol. The third-order valence-corrected chi connectivity index (χ3v) is 6.69. The summed E-state index contributed by atoms with van der Waals surface area (Å²) < 4.78 is 16.1. The van der Waals surface area contributed by atoms with Gasteiger partial charge >= 0.3 is 5.97 Å². The van der Waals surface area contributed by atoms with Crippen molar-refractivity contribution in [3.05, 3.63) is 69.6 Å². The monoisotopic (exact) mass is 553 g/mol. The van der Waals surface area contributed by atoms with Crippen molar-refractivity contribution in [3.8, 4) is 17.2 Å². The van der Waals surface area contributed by atoms with Crippen LogP contribution in [0.2, 0.25) is 0 Å². The number of phenolic OH excluding ortho intramolecular Hbond substituents is 1. The van der Waals surface area contributed by atoms with E-state index in [1.807, 2.05) is 13.8 Å². The second-order valence-corrected chi connectivity index (χ2v) is 9.57. The quantitative estimate of drug-likeness (QED) is 0.176. The lowest BCUT2D eigenvalue weighted by atomic mass is 10.1. The Morgan fingerprint density at radius 2 is 1.79 bits per heavy atom. The minimum Gasteiger partial charge on any atom is -0.504 e. The van der Waals surface area contributed by atoms with Crippen LogP contribution in [-0.2, 0) is 9.53 Å². The molecule has 1 heterocycles. The zero-order valence-corrected chi connectivity index (χ0v) is 23.2. The van der Waals surface area contributed by atoms with Gasteiger partial charge in [0.15, 0.2) is 17.6 Å². The fourth-order valence-corrected chi connectivity index (χ4v) is 4.47. The zero-order chi connectivity index (χ0) is 28.5. The maximum Gasteiger partial charge on any atom is 0.341 e. The molecular formula is C28H31N3O7S. The molecule has 39 heavy (non-hydrogen) atoms. The van der Waals surface area contributed by atoms with Gasteiger partial charge in [0, 0.05) is 10.4 Å². The lowest BCUT2D eigenvalue weighted by Crippen LogP contribution is -2.33. The second kappa shape index (κ2) is 13.4. The molecule has 1 unspecified atom stereocenters. The summed E-state index contributed by atoms with van der Waals surface area (Å²) in [6, 6.07) is 11.0. The summed E-state index contributed by atoms with van der Waals surface area (Å²) in [6.45, 7) is 9.42. The molecule has 0 aliphatic carbocycles. The van der Waals surface area contributed by atoms with E-state index in [1.54, 1.807) is 57.2 Å². The Morgan fingerprint density at radius 1 is 1.08 bits per heavy atom. The Bertz CT molecular complexity index is 1370. The van der Waals surface area contributed by atoms with E-state index in [-0.39, 0.29) is 12.4 Å². The van der Waals surface area contributed by atoms with Crippen LogP contribution < -0.4 is 20.2 Å². The summed E-state index contributed by atoms with van der Waals surface area (Å²) in [4.78, 5) is 38.5. The Hall–Kier alpha value is -4.38. The van der Waals surface area contributed by atoms with Gasteiger partial charge in [-0.3, -0.25) is 9.59 Å². The number of amides is 2. The molecule has 3 rings (SSSR count). The van der Waals surface area contributed by atoms with Crippen LogP contribution in [0.1, 0.15) is 57.5 Å². The number of aromatic hydroxyl groups is 1. The predicted molar refractivity (Wildman–Crippen MR) is 149 cm³/mol. The Balaban J connectivity index is 1.58. The lowest BCUT2D eigenvalue weighted by Gasteiger charge is -2.13. The molecule has 0 saturated heterocycles. The van der Waals surface area contributed by atoms with E-state index in [4.69, 9.17) is 14.2 Å². The summed E-state index contributed by atoms with van der Waals surface area (Å²) >= 11 is 1.31. The number of benzene rings is 2. The van der Waals surface area contributed by atoms with Crippen LogP contribution in [0.15, 0.2) is 47.6 Å². The van der Waals surface area contributed by atoms with E-state index in [1.165, 1.54) is 23.6 Å². The summed E-state index contributed by atoms with van der Waals surface area (Å²) in [6.07, 6.45) is 0.550. The van der Waals surface area contributed by atoms with Gasteiger partial charge in [0.05, 0.1) is 25.0 Å². The van der Waals surface area contributed by atoms with Crippen LogP contribution >= 0.6 is 11.3 Å². The van der Waals surface area contributed by atoms with Crippen LogP contribution in [0.25, 0.3) is 0 Å². The number of anilines is 1. The molecule has 10 nitrogen and oxygen atoms in total. The summed E-state index contributed by atoms with van der Waals surface area (Å²) in [5, 5.41) is 16.9. The number of phenols is 1. The van der Waals surface area contributed by atoms with E-state index in [0.29, 0.717) is 39.8 Å². The van der Waals surface area contributed by atoms with Crippen molar-refractivity contribution < 1.29 is 33.7 Å². The number of hydrogen-bond donors (Lipinski definition) is 3. The Kier molecular flexibility index (Phi) is 10.0. The number of esters is 1. The molecule has 11 heteroatoms. The number of rotatable bonds is 11. The molecule has 0 bridgehead atoms. The number of hydrazone groups is 1. The first-order chi connectivity index (χ1) is 18.6.